The van der Waals surface area contributed by atoms with Crippen LogP contribution in [0.15, 0.2) is 23.2 Å². The third-order valence-electron chi connectivity index (χ3n) is 3.54. The first-order valence-electron chi connectivity index (χ1n) is 7.68. The molecule has 1 fully saturated rings. The number of benzene rings is 1. The van der Waals surface area contributed by atoms with Crippen molar-refractivity contribution in [2.75, 3.05) is 25.6 Å². The fourth-order valence-corrected chi connectivity index (χ4v) is 2.40. The number of hydrogen-bond donors (Lipinski definition) is 3. The van der Waals surface area contributed by atoms with Crippen molar-refractivity contribution in [3.8, 4) is 5.75 Å². The molecule has 1 unspecified atom stereocenters. The molecule has 0 saturated carbocycles. The molecule has 2 rings (SSSR count). The van der Waals surface area contributed by atoms with E-state index in [9.17, 15) is 4.79 Å². The molecule has 1 aromatic rings. The molecule has 0 bridgehead atoms. The lowest BCUT2D eigenvalue weighted by Crippen LogP contribution is -2.37. The highest BCUT2D eigenvalue weighted by molar-refractivity contribution is 5.90. The summed E-state index contributed by atoms with van der Waals surface area (Å²) < 4.78 is 10.7. The molecule has 1 aliphatic rings. The van der Waals surface area contributed by atoms with Crippen molar-refractivity contribution in [1.82, 2.24) is 5.32 Å². The van der Waals surface area contributed by atoms with Gasteiger partial charge in [0.2, 0.25) is 5.91 Å². The third-order valence-corrected chi connectivity index (χ3v) is 3.54. The largest absolute Gasteiger partial charge is 0.495 e. The number of carbonyl (C=O) groups is 1. The van der Waals surface area contributed by atoms with Gasteiger partial charge in [0, 0.05) is 20.1 Å². The van der Waals surface area contributed by atoms with E-state index in [1.54, 1.807) is 13.2 Å². The number of hydrogen-bond acceptors (Lipinski definition) is 4. The third kappa shape index (κ3) is 5.45. The molecule has 0 aliphatic carbocycles. The minimum Gasteiger partial charge on any atom is -0.495 e. The first-order valence-corrected chi connectivity index (χ1v) is 7.68. The van der Waals surface area contributed by atoms with E-state index in [4.69, 9.17) is 15.2 Å². The van der Waals surface area contributed by atoms with Crippen molar-refractivity contribution in [1.29, 1.82) is 0 Å². The molecule has 1 heterocycles. The van der Waals surface area contributed by atoms with Crippen LogP contribution in [-0.4, -0.2) is 38.2 Å². The Labute approximate surface area is 136 Å². The van der Waals surface area contributed by atoms with Crippen molar-refractivity contribution in [3.05, 3.63) is 23.8 Å². The van der Waals surface area contributed by atoms with Crippen LogP contribution in [0.1, 0.15) is 25.3 Å². The fourth-order valence-electron chi connectivity index (χ4n) is 2.40. The molecular weight excluding hydrogens is 296 g/mol. The molecule has 126 valence electrons. The zero-order valence-corrected chi connectivity index (χ0v) is 13.6. The van der Waals surface area contributed by atoms with E-state index in [1.807, 2.05) is 12.1 Å². The summed E-state index contributed by atoms with van der Waals surface area (Å²) in [7, 11) is 1.56. The highest BCUT2D eigenvalue weighted by atomic mass is 16.5. The summed E-state index contributed by atoms with van der Waals surface area (Å²) in [6.45, 7) is 3.37. The maximum absolute atomic E-state index is 11.2. The van der Waals surface area contributed by atoms with Crippen LogP contribution in [-0.2, 0) is 16.1 Å². The Kier molecular flexibility index (Phi) is 6.22. The summed E-state index contributed by atoms with van der Waals surface area (Å²) in [6, 6.07) is 5.52. The van der Waals surface area contributed by atoms with Crippen molar-refractivity contribution < 1.29 is 14.3 Å². The van der Waals surface area contributed by atoms with Gasteiger partial charge in [-0.15, -0.1) is 0 Å². The molecule has 1 aliphatic heterocycles. The first-order chi connectivity index (χ1) is 11.1. The molecule has 4 N–H and O–H groups in total. The van der Waals surface area contributed by atoms with Crippen molar-refractivity contribution >= 4 is 17.6 Å². The quantitative estimate of drug-likeness (QED) is 0.541. The number of guanidine groups is 1. The number of methoxy groups -OCH3 is 1. The second-order valence-corrected chi connectivity index (χ2v) is 5.43. The van der Waals surface area contributed by atoms with Crippen LogP contribution in [0, 0.1) is 0 Å². The number of rotatable bonds is 6. The number of aliphatic imine (C=N–C) groups is 1. The van der Waals surface area contributed by atoms with E-state index in [0.717, 1.165) is 25.0 Å². The van der Waals surface area contributed by atoms with Gasteiger partial charge in [-0.25, -0.2) is 4.99 Å². The molecule has 1 aromatic carbocycles. The lowest BCUT2D eigenvalue weighted by atomic mass is 10.2. The maximum Gasteiger partial charge on any atom is 0.221 e. The van der Waals surface area contributed by atoms with Crippen LogP contribution in [0.2, 0.25) is 0 Å². The molecule has 23 heavy (non-hydrogen) atoms. The van der Waals surface area contributed by atoms with Gasteiger partial charge in [-0.1, -0.05) is 6.07 Å². The monoisotopic (exact) mass is 320 g/mol. The fraction of sp³-hybridized carbons (Fsp3) is 0.500. The lowest BCUT2D eigenvalue weighted by molar-refractivity contribution is -0.114. The first kappa shape index (κ1) is 17.1. The minimum atomic E-state index is -0.151. The molecule has 0 spiro atoms. The van der Waals surface area contributed by atoms with Crippen LogP contribution in [0.3, 0.4) is 0 Å². The summed E-state index contributed by atoms with van der Waals surface area (Å²) in [5.41, 5.74) is 7.41. The molecule has 1 saturated heterocycles. The summed E-state index contributed by atoms with van der Waals surface area (Å²) >= 11 is 0. The second-order valence-electron chi connectivity index (χ2n) is 5.43. The van der Waals surface area contributed by atoms with Gasteiger partial charge in [0.25, 0.3) is 0 Å². The maximum atomic E-state index is 11.2. The Morgan fingerprint density at radius 3 is 3.00 bits per heavy atom. The number of amides is 1. The van der Waals surface area contributed by atoms with Gasteiger partial charge in [0.1, 0.15) is 5.75 Å². The SMILES string of the molecule is COc1ccc(CN=C(N)NCC2CCCO2)cc1NC(C)=O. The summed E-state index contributed by atoms with van der Waals surface area (Å²) in [4.78, 5) is 15.5. The van der Waals surface area contributed by atoms with Crippen molar-refractivity contribution in [2.45, 2.75) is 32.4 Å². The van der Waals surface area contributed by atoms with Gasteiger partial charge in [0.05, 0.1) is 25.4 Å². The highest BCUT2D eigenvalue weighted by Crippen LogP contribution is 2.25. The van der Waals surface area contributed by atoms with E-state index in [1.165, 1.54) is 6.92 Å². The van der Waals surface area contributed by atoms with E-state index >= 15 is 0 Å². The Morgan fingerprint density at radius 2 is 2.35 bits per heavy atom. The zero-order chi connectivity index (χ0) is 16.7. The molecule has 7 heteroatoms. The zero-order valence-electron chi connectivity index (χ0n) is 13.6. The number of carbonyl (C=O) groups excluding carboxylic acids is 1. The number of nitrogens with one attached hydrogen (secondary N) is 2. The molecule has 1 amide bonds. The van der Waals surface area contributed by atoms with E-state index in [-0.39, 0.29) is 12.0 Å². The van der Waals surface area contributed by atoms with Crippen LogP contribution in [0.5, 0.6) is 5.75 Å². The average Bonchev–Trinajstić information content (AvgIpc) is 3.04. The number of nitrogens with zero attached hydrogens (tertiary/aromatic N) is 1. The standard InChI is InChI=1S/C16H24N4O3/c1-11(21)20-14-8-12(5-6-15(14)22-2)9-18-16(17)19-10-13-4-3-7-23-13/h5-6,8,13H,3-4,7,9-10H2,1-2H3,(H,20,21)(H3,17,18,19). The van der Waals surface area contributed by atoms with Crippen molar-refractivity contribution in [2.24, 2.45) is 10.7 Å². The van der Waals surface area contributed by atoms with Gasteiger partial charge >= 0.3 is 0 Å². The number of nitrogens with two attached hydrogens (primary N) is 1. The van der Waals surface area contributed by atoms with Crippen LogP contribution >= 0.6 is 0 Å². The average molecular weight is 320 g/mol. The predicted molar refractivity (Wildman–Crippen MR) is 89.6 cm³/mol. The summed E-state index contributed by atoms with van der Waals surface area (Å²) in [6.07, 6.45) is 2.37. The smallest absolute Gasteiger partial charge is 0.221 e. The van der Waals surface area contributed by atoms with Gasteiger partial charge in [-0.3, -0.25) is 4.79 Å². The Bertz CT molecular complexity index is 568. The Hall–Kier alpha value is -2.28. The predicted octanol–water partition coefficient (Wildman–Crippen LogP) is 1.24. The van der Waals surface area contributed by atoms with Gasteiger partial charge in [-0.2, -0.15) is 0 Å². The highest BCUT2D eigenvalue weighted by Gasteiger charge is 2.14. The van der Waals surface area contributed by atoms with Gasteiger partial charge in [-0.05, 0) is 30.5 Å². The van der Waals surface area contributed by atoms with Crippen LogP contribution < -0.4 is 21.1 Å². The normalized spacial score (nSPS) is 17.8. The Morgan fingerprint density at radius 1 is 1.52 bits per heavy atom. The summed E-state index contributed by atoms with van der Waals surface area (Å²) in [5, 5.41) is 5.81. The second kappa shape index (κ2) is 8.38. The van der Waals surface area contributed by atoms with E-state index in [2.05, 4.69) is 15.6 Å². The van der Waals surface area contributed by atoms with Gasteiger partial charge < -0.3 is 25.8 Å². The van der Waals surface area contributed by atoms with Crippen LogP contribution in [0.4, 0.5) is 5.69 Å². The molecule has 0 radical (unpaired) electrons. The van der Waals surface area contributed by atoms with Crippen LogP contribution in [0.25, 0.3) is 0 Å². The molecule has 7 nitrogen and oxygen atoms in total. The van der Waals surface area contributed by atoms with Gasteiger partial charge in [0.15, 0.2) is 5.96 Å². The van der Waals surface area contributed by atoms with E-state index in [0.29, 0.717) is 30.5 Å². The Balaban J connectivity index is 1.92. The summed E-state index contributed by atoms with van der Waals surface area (Å²) in [5.74, 6) is 0.844. The topological polar surface area (TPSA) is 98.0 Å². The number of ether oxygens (including phenoxy) is 2. The molecular formula is C16H24N4O3. The van der Waals surface area contributed by atoms with Crippen molar-refractivity contribution in [3.63, 3.8) is 0 Å². The molecule has 0 aromatic heterocycles. The number of anilines is 1. The lowest BCUT2D eigenvalue weighted by Gasteiger charge is -2.12. The minimum absolute atomic E-state index is 0.151. The molecule has 1 atom stereocenters. The van der Waals surface area contributed by atoms with E-state index < -0.39 is 0 Å².